The van der Waals surface area contributed by atoms with E-state index < -0.39 is 67.5 Å². The van der Waals surface area contributed by atoms with Crippen LogP contribution in [0.5, 0.6) is 0 Å². The minimum Gasteiger partial charge on any atom is -0.471 e. The minimum absolute atomic E-state index is 0.000617. The van der Waals surface area contributed by atoms with Gasteiger partial charge in [0.15, 0.2) is 6.29 Å². The second-order valence-electron chi connectivity index (χ2n) is 6.69. The molecule has 158 valence electrons. The Labute approximate surface area is 161 Å². The molecule has 28 heavy (non-hydrogen) atoms. The fraction of sp³-hybridized carbons (Fsp3) is 0.765. The van der Waals surface area contributed by atoms with E-state index in [1.807, 2.05) is 0 Å². The topological polar surface area (TPSA) is 165 Å². The molecule has 0 unspecified atom stereocenters. The molecule has 3 rings (SSSR count). The fourth-order valence-corrected chi connectivity index (χ4v) is 3.43. The zero-order valence-corrected chi connectivity index (χ0v) is 15.0. The zero-order valence-electron chi connectivity index (χ0n) is 16.0. The van der Waals surface area contributed by atoms with Gasteiger partial charge in [0.05, 0.1) is 45.5 Å². The largest absolute Gasteiger partial charge is 0.471 e. The monoisotopic (exact) mass is 405 g/mol. The Morgan fingerprint density at radius 1 is 1.32 bits per heavy atom. The molecule has 3 heterocycles. The van der Waals surface area contributed by atoms with Gasteiger partial charge in [-0.1, -0.05) is 0 Å². The highest BCUT2D eigenvalue weighted by molar-refractivity contribution is 5.89. The lowest BCUT2D eigenvalue weighted by atomic mass is 9.80. The Morgan fingerprint density at radius 2 is 2.04 bits per heavy atom. The van der Waals surface area contributed by atoms with Gasteiger partial charge in [-0.2, -0.15) is 0 Å². The first-order valence-corrected chi connectivity index (χ1v) is 8.74. The number of aldehydes is 1. The van der Waals surface area contributed by atoms with Crippen molar-refractivity contribution < 1.29 is 55.1 Å². The summed E-state index contributed by atoms with van der Waals surface area (Å²) in [6.07, 6.45) is -8.97. The Kier molecular flexibility index (Phi) is 6.21. The summed E-state index contributed by atoms with van der Waals surface area (Å²) in [6, 6.07) is 0. The van der Waals surface area contributed by atoms with Crippen LogP contribution >= 0.6 is 0 Å². The van der Waals surface area contributed by atoms with E-state index in [9.17, 15) is 30.0 Å². The molecule has 2 fully saturated rings. The molecule has 0 spiro atoms. The fourth-order valence-electron chi connectivity index (χ4n) is 3.43. The number of rotatable bonds is 7. The maximum atomic E-state index is 12.1. The predicted molar refractivity (Wildman–Crippen MR) is 87.2 cm³/mol. The van der Waals surface area contributed by atoms with Crippen molar-refractivity contribution in [2.45, 2.75) is 49.5 Å². The number of carbonyl (C=O) groups is 2. The SMILES string of the molecule is [2H][C@@]1([C@H]2[C@H](O[C@@H]3O[C@H](CO)[C@@H](O)[C@H](O)[C@H]3O)OC=C(C(=O)OC)[C@H]2CC=O)CO1. The molecule has 0 amide bonds. The minimum atomic E-state index is -1.69. The highest BCUT2D eigenvalue weighted by atomic mass is 16.8. The number of methoxy groups -OCH3 is 1. The van der Waals surface area contributed by atoms with Crippen molar-refractivity contribution in [3.8, 4) is 0 Å². The molecule has 3 aliphatic rings. The summed E-state index contributed by atoms with van der Waals surface area (Å²) in [5, 5.41) is 39.3. The smallest absolute Gasteiger partial charge is 0.337 e. The van der Waals surface area contributed by atoms with Gasteiger partial charge in [-0.3, -0.25) is 0 Å². The first-order valence-electron chi connectivity index (χ1n) is 9.24. The normalized spacial score (nSPS) is 46.0. The maximum absolute atomic E-state index is 12.1. The molecular formula is C17H24O11. The van der Waals surface area contributed by atoms with Gasteiger partial charge in [-0.05, 0) is 0 Å². The lowest BCUT2D eigenvalue weighted by molar-refractivity contribution is -0.342. The highest BCUT2D eigenvalue weighted by Gasteiger charge is 2.52. The van der Waals surface area contributed by atoms with Crippen molar-refractivity contribution in [3.63, 3.8) is 0 Å². The first kappa shape index (κ1) is 19.7. The number of hydrogen-bond acceptors (Lipinski definition) is 11. The van der Waals surface area contributed by atoms with E-state index in [-0.39, 0.29) is 18.6 Å². The molecule has 11 heteroatoms. The summed E-state index contributed by atoms with van der Waals surface area (Å²) in [5.74, 6) is -2.54. The Balaban J connectivity index is 1.86. The van der Waals surface area contributed by atoms with Crippen molar-refractivity contribution in [1.29, 1.82) is 0 Å². The van der Waals surface area contributed by atoms with E-state index in [4.69, 9.17) is 25.1 Å². The summed E-state index contributed by atoms with van der Waals surface area (Å²) in [7, 11) is 1.16. The second kappa shape index (κ2) is 8.82. The van der Waals surface area contributed by atoms with Crippen LogP contribution < -0.4 is 0 Å². The molecular weight excluding hydrogens is 380 g/mol. The van der Waals surface area contributed by atoms with Gasteiger partial charge in [-0.15, -0.1) is 0 Å². The van der Waals surface area contributed by atoms with Gasteiger partial charge < -0.3 is 48.9 Å². The molecule has 2 saturated heterocycles. The molecule has 9 atom stereocenters. The second-order valence-corrected chi connectivity index (χ2v) is 6.69. The van der Waals surface area contributed by atoms with Gasteiger partial charge in [0.2, 0.25) is 6.29 Å². The Hall–Kier alpha value is -1.60. The Morgan fingerprint density at radius 3 is 2.61 bits per heavy atom. The molecule has 0 saturated carbocycles. The lowest BCUT2D eigenvalue weighted by Crippen LogP contribution is -2.60. The number of aliphatic hydroxyl groups is 4. The van der Waals surface area contributed by atoms with Crippen LogP contribution in [0.2, 0.25) is 0 Å². The summed E-state index contributed by atoms with van der Waals surface area (Å²) < 4.78 is 34.6. The predicted octanol–water partition coefficient (Wildman–Crippen LogP) is -2.56. The molecule has 3 aliphatic heterocycles. The third-order valence-corrected chi connectivity index (χ3v) is 5.03. The number of carbonyl (C=O) groups excluding carboxylic acids is 2. The van der Waals surface area contributed by atoms with Crippen LogP contribution in [0.15, 0.2) is 11.8 Å². The summed E-state index contributed by atoms with van der Waals surface area (Å²) in [5.41, 5.74) is 0.0281. The van der Waals surface area contributed by atoms with Crippen LogP contribution in [-0.4, -0.2) is 96.1 Å². The molecule has 0 radical (unpaired) electrons. The van der Waals surface area contributed by atoms with Crippen LogP contribution in [0.1, 0.15) is 7.79 Å². The van der Waals surface area contributed by atoms with Crippen LogP contribution in [-0.2, 0) is 33.3 Å². The number of epoxide rings is 1. The van der Waals surface area contributed by atoms with Crippen molar-refractivity contribution in [3.05, 3.63) is 11.8 Å². The molecule has 0 bridgehead atoms. The van der Waals surface area contributed by atoms with Crippen LogP contribution in [0.4, 0.5) is 0 Å². The van der Waals surface area contributed by atoms with Gasteiger partial charge in [0, 0.05) is 12.3 Å². The van der Waals surface area contributed by atoms with E-state index in [0.29, 0.717) is 6.29 Å². The summed E-state index contributed by atoms with van der Waals surface area (Å²) in [6.45, 7) is -0.648. The van der Waals surface area contributed by atoms with Crippen molar-refractivity contribution in [2.75, 3.05) is 20.3 Å². The van der Waals surface area contributed by atoms with Gasteiger partial charge in [-0.25, -0.2) is 4.79 Å². The van der Waals surface area contributed by atoms with Gasteiger partial charge >= 0.3 is 5.97 Å². The number of ether oxygens (including phenoxy) is 5. The van der Waals surface area contributed by atoms with E-state index in [0.717, 1.165) is 13.4 Å². The van der Waals surface area contributed by atoms with Gasteiger partial charge in [0.25, 0.3) is 0 Å². The number of hydrogen-bond donors (Lipinski definition) is 4. The lowest BCUT2D eigenvalue weighted by Gasteiger charge is -2.43. The average molecular weight is 405 g/mol. The van der Waals surface area contributed by atoms with Crippen molar-refractivity contribution in [1.82, 2.24) is 0 Å². The molecule has 4 N–H and O–H groups in total. The van der Waals surface area contributed by atoms with E-state index in [1.54, 1.807) is 0 Å². The van der Waals surface area contributed by atoms with E-state index >= 15 is 0 Å². The summed E-state index contributed by atoms with van der Waals surface area (Å²) >= 11 is 0. The van der Waals surface area contributed by atoms with E-state index in [1.165, 1.54) is 0 Å². The van der Waals surface area contributed by atoms with Crippen LogP contribution in [0.25, 0.3) is 0 Å². The molecule has 0 aromatic rings. The van der Waals surface area contributed by atoms with Crippen LogP contribution in [0, 0.1) is 11.8 Å². The summed E-state index contributed by atoms with van der Waals surface area (Å²) in [4.78, 5) is 23.3. The number of aliphatic hydroxyl groups excluding tert-OH is 4. The molecule has 0 aromatic heterocycles. The third kappa shape index (κ3) is 4.06. The van der Waals surface area contributed by atoms with Crippen LogP contribution in [0.3, 0.4) is 0 Å². The molecule has 0 aromatic carbocycles. The van der Waals surface area contributed by atoms with Crippen molar-refractivity contribution >= 4 is 12.3 Å². The highest BCUT2D eigenvalue weighted by Crippen LogP contribution is 2.41. The quantitative estimate of drug-likeness (QED) is 0.200. The number of esters is 1. The first-order chi connectivity index (χ1) is 13.8. The van der Waals surface area contributed by atoms with Gasteiger partial charge in [0.1, 0.15) is 30.7 Å². The maximum Gasteiger partial charge on any atom is 0.337 e. The standard InChI is InChI=1S/C17H24O11/c1-24-15(23)8-5-26-16(11(10-6-25-10)7(8)2-3-18)28-17-14(22)13(21)12(20)9(4-19)27-17/h3,5,7,9-14,16-17,19-22H,2,4,6H2,1H3/t7-,9-,10+,11+,12-,13+,14-,16+,17+/m1/s1/i10D. The zero-order chi connectivity index (χ0) is 21.3. The third-order valence-electron chi connectivity index (χ3n) is 5.03. The molecule has 0 aliphatic carbocycles. The molecule has 11 nitrogen and oxygen atoms in total. The average Bonchev–Trinajstić information content (AvgIpc) is 3.46. The van der Waals surface area contributed by atoms with E-state index in [2.05, 4.69) is 0 Å². The van der Waals surface area contributed by atoms with Crippen molar-refractivity contribution in [2.24, 2.45) is 11.8 Å². The Bertz CT molecular complexity index is 649.